The van der Waals surface area contributed by atoms with Crippen LogP contribution in [-0.4, -0.2) is 17.2 Å². The van der Waals surface area contributed by atoms with Crippen molar-refractivity contribution in [2.75, 3.05) is 0 Å². The van der Waals surface area contributed by atoms with Gasteiger partial charge in [0.15, 0.2) is 5.78 Å². The fourth-order valence-electron chi connectivity index (χ4n) is 1.28. The number of oxime groups is 1. The van der Waals surface area contributed by atoms with Crippen LogP contribution < -0.4 is 0 Å². The van der Waals surface area contributed by atoms with Crippen molar-refractivity contribution in [2.45, 2.75) is 20.8 Å². The third-order valence-corrected chi connectivity index (χ3v) is 2.08. The molecule has 0 aliphatic carbocycles. The summed E-state index contributed by atoms with van der Waals surface area (Å²) in [5, 5.41) is 11.4. The molecule has 1 rings (SSSR count). The summed E-state index contributed by atoms with van der Waals surface area (Å²) in [4.78, 5) is 12.0. The molecule has 3 heteroatoms. The molecule has 0 heterocycles. The van der Waals surface area contributed by atoms with Crippen molar-refractivity contribution in [3.05, 3.63) is 35.4 Å². The van der Waals surface area contributed by atoms with Crippen LogP contribution >= 0.6 is 0 Å². The largest absolute Gasteiger partial charge is 0.411 e. The normalized spacial score (nSPS) is 11.9. The molecule has 0 radical (unpaired) electrons. The van der Waals surface area contributed by atoms with Gasteiger partial charge in [-0.2, -0.15) is 0 Å². The summed E-state index contributed by atoms with van der Waals surface area (Å²) in [5.74, 6) is 0.0398. The summed E-state index contributed by atoms with van der Waals surface area (Å²) in [6.45, 7) is 5.59. The van der Waals surface area contributed by atoms with Crippen LogP contribution in [0.1, 0.15) is 36.7 Å². The molecule has 0 atom stereocenters. The maximum Gasteiger partial charge on any atom is 0.168 e. The number of benzene rings is 1. The molecule has 0 fully saturated rings. The van der Waals surface area contributed by atoms with E-state index in [1.165, 1.54) is 6.21 Å². The highest BCUT2D eigenvalue weighted by Gasteiger charge is 2.24. The van der Waals surface area contributed by atoms with E-state index >= 15 is 0 Å². The minimum Gasteiger partial charge on any atom is -0.411 e. The number of rotatable bonds is 2. The first-order chi connectivity index (χ1) is 6.96. The van der Waals surface area contributed by atoms with Crippen LogP contribution in [0, 0.1) is 5.41 Å². The molecule has 0 spiro atoms. The van der Waals surface area contributed by atoms with E-state index in [0.717, 1.165) is 0 Å². The number of hydrogen-bond donors (Lipinski definition) is 1. The molecule has 0 saturated carbocycles. The average molecular weight is 205 g/mol. The third-order valence-electron chi connectivity index (χ3n) is 2.08. The number of nitrogens with zero attached hydrogens (tertiary/aromatic N) is 1. The van der Waals surface area contributed by atoms with Crippen molar-refractivity contribution in [1.29, 1.82) is 0 Å². The summed E-state index contributed by atoms with van der Waals surface area (Å²) >= 11 is 0. The van der Waals surface area contributed by atoms with Gasteiger partial charge in [0.05, 0.1) is 6.21 Å². The van der Waals surface area contributed by atoms with Gasteiger partial charge in [0.2, 0.25) is 0 Å². The van der Waals surface area contributed by atoms with Gasteiger partial charge in [-0.3, -0.25) is 4.79 Å². The van der Waals surface area contributed by atoms with Crippen molar-refractivity contribution in [3.8, 4) is 0 Å². The lowest BCUT2D eigenvalue weighted by molar-refractivity contribution is 0.0858. The van der Waals surface area contributed by atoms with Gasteiger partial charge in [0, 0.05) is 16.5 Å². The summed E-state index contributed by atoms with van der Waals surface area (Å²) in [6.07, 6.45) is 1.28. The Labute approximate surface area is 89.4 Å². The number of hydrogen-bond acceptors (Lipinski definition) is 3. The van der Waals surface area contributed by atoms with E-state index in [1.54, 1.807) is 24.3 Å². The standard InChI is InChI=1S/C12H15NO2/c1-12(2,3)11(14)10-7-5-4-6-9(10)8-13-15/h4-8,15H,1-3H3/b13-8+. The Balaban J connectivity index is 3.20. The molecule has 0 amide bonds. The van der Waals surface area contributed by atoms with E-state index in [2.05, 4.69) is 5.16 Å². The van der Waals surface area contributed by atoms with E-state index in [4.69, 9.17) is 5.21 Å². The molecule has 1 aromatic carbocycles. The van der Waals surface area contributed by atoms with Gasteiger partial charge in [0.25, 0.3) is 0 Å². The third kappa shape index (κ3) is 2.65. The van der Waals surface area contributed by atoms with Crippen LogP contribution in [-0.2, 0) is 0 Å². The van der Waals surface area contributed by atoms with E-state index in [9.17, 15) is 4.79 Å². The first-order valence-electron chi connectivity index (χ1n) is 4.78. The molecular weight excluding hydrogens is 190 g/mol. The number of ketones is 1. The van der Waals surface area contributed by atoms with Crippen molar-refractivity contribution >= 4 is 12.0 Å². The van der Waals surface area contributed by atoms with Gasteiger partial charge < -0.3 is 5.21 Å². The second kappa shape index (κ2) is 4.26. The molecule has 3 nitrogen and oxygen atoms in total. The topological polar surface area (TPSA) is 49.7 Å². The van der Waals surface area contributed by atoms with Crippen LogP contribution in [0.15, 0.2) is 29.4 Å². The molecule has 15 heavy (non-hydrogen) atoms. The van der Waals surface area contributed by atoms with E-state index < -0.39 is 5.41 Å². The van der Waals surface area contributed by atoms with Crippen molar-refractivity contribution in [1.82, 2.24) is 0 Å². The van der Waals surface area contributed by atoms with Gasteiger partial charge >= 0.3 is 0 Å². The molecule has 0 unspecified atom stereocenters. The summed E-state index contributed by atoms with van der Waals surface area (Å²) in [6, 6.07) is 7.09. The number of carbonyl (C=O) groups excluding carboxylic acids is 1. The molecule has 80 valence electrons. The Morgan fingerprint density at radius 1 is 1.33 bits per heavy atom. The first kappa shape index (κ1) is 11.4. The van der Waals surface area contributed by atoms with Crippen LogP contribution in [0.25, 0.3) is 0 Å². The van der Waals surface area contributed by atoms with Crippen molar-refractivity contribution < 1.29 is 10.0 Å². The summed E-state index contributed by atoms with van der Waals surface area (Å²) < 4.78 is 0. The zero-order chi connectivity index (χ0) is 11.5. The molecule has 0 aromatic heterocycles. The molecule has 0 aliphatic heterocycles. The molecular formula is C12H15NO2. The first-order valence-corrected chi connectivity index (χ1v) is 4.78. The fraction of sp³-hybridized carbons (Fsp3) is 0.333. The summed E-state index contributed by atoms with van der Waals surface area (Å²) in [7, 11) is 0. The predicted molar refractivity (Wildman–Crippen MR) is 59.6 cm³/mol. The maximum absolute atomic E-state index is 12.0. The lowest BCUT2D eigenvalue weighted by Crippen LogP contribution is -2.21. The maximum atomic E-state index is 12.0. The molecule has 1 aromatic rings. The minimum atomic E-state index is -0.431. The average Bonchev–Trinajstić information content (AvgIpc) is 2.17. The fourth-order valence-corrected chi connectivity index (χ4v) is 1.28. The molecule has 1 N–H and O–H groups in total. The molecule has 0 bridgehead atoms. The van der Waals surface area contributed by atoms with Crippen molar-refractivity contribution in [3.63, 3.8) is 0 Å². The SMILES string of the molecule is CC(C)(C)C(=O)c1ccccc1/C=N/O. The Morgan fingerprint density at radius 3 is 2.47 bits per heavy atom. The van der Waals surface area contributed by atoms with Crippen LogP contribution in [0.3, 0.4) is 0 Å². The van der Waals surface area contributed by atoms with Crippen LogP contribution in [0.4, 0.5) is 0 Å². The molecule has 0 saturated heterocycles. The quantitative estimate of drug-likeness (QED) is 0.349. The Hall–Kier alpha value is -1.64. The van der Waals surface area contributed by atoms with Gasteiger partial charge in [-0.25, -0.2) is 0 Å². The lowest BCUT2D eigenvalue weighted by Gasteiger charge is -2.17. The van der Waals surface area contributed by atoms with Gasteiger partial charge in [-0.1, -0.05) is 50.2 Å². The van der Waals surface area contributed by atoms with E-state index in [0.29, 0.717) is 11.1 Å². The zero-order valence-electron chi connectivity index (χ0n) is 9.19. The monoisotopic (exact) mass is 205 g/mol. The zero-order valence-corrected chi connectivity index (χ0v) is 9.19. The minimum absolute atomic E-state index is 0.0398. The number of carbonyl (C=O) groups is 1. The van der Waals surface area contributed by atoms with E-state index in [1.807, 2.05) is 20.8 Å². The van der Waals surface area contributed by atoms with E-state index in [-0.39, 0.29) is 5.78 Å². The smallest absolute Gasteiger partial charge is 0.168 e. The second-order valence-corrected chi connectivity index (χ2v) is 4.41. The Bertz CT molecular complexity index is 389. The van der Waals surface area contributed by atoms with Gasteiger partial charge in [-0.05, 0) is 0 Å². The Kier molecular flexibility index (Phi) is 3.24. The van der Waals surface area contributed by atoms with Crippen LogP contribution in [0.5, 0.6) is 0 Å². The van der Waals surface area contributed by atoms with Gasteiger partial charge in [-0.15, -0.1) is 0 Å². The van der Waals surface area contributed by atoms with Gasteiger partial charge in [0.1, 0.15) is 0 Å². The highest BCUT2D eigenvalue weighted by molar-refractivity contribution is 6.06. The lowest BCUT2D eigenvalue weighted by atomic mass is 9.85. The molecule has 0 aliphatic rings. The second-order valence-electron chi connectivity index (χ2n) is 4.41. The van der Waals surface area contributed by atoms with Crippen molar-refractivity contribution in [2.24, 2.45) is 10.6 Å². The number of Topliss-reactive ketones (excluding diaryl/α,β-unsaturated/α-hetero) is 1. The highest BCUT2D eigenvalue weighted by Crippen LogP contribution is 2.22. The predicted octanol–water partition coefficient (Wildman–Crippen LogP) is 2.72. The highest BCUT2D eigenvalue weighted by atomic mass is 16.4. The Morgan fingerprint density at radius 2 is 1.93 bits per heavy atom. The van der Waals surface area contributed by atoms with Crippen LogP contribution in [0.2, 0.25) is 0 Å². The summed E-state index contributed by atoms with van der Waals surface area (Å²) in [5.41, 5.74) is 0.794.